The Kier molecular flexibility index (Phi) is 4.99. The second kappa shape index (κ2) is 7.35. The van der Waals surface area contributed by atoms with E-state index in [0.29, 0.717) is 6.42 Å². The highest BCUT2D eigenvalue weighted by Crippen LogP contribution is 2.19. The SMILES string of the molecule is CCc1ccc(C(C)NC(=O)CCc2c[nH]c3ccccc23)cc1. The molecule has 3 heteroatoms. The second-order valence-corrected chi connectivity index (χ2v) is 6.24. The standard InChI is InChI=1S/C21H24N2O/c1-3-16-8-10-17(11-9-16)15(2)23-21(24)13-12-18-14-22-20-7-5-4-6-19(18)20/h4-11,14-15,22H,3,12-13H2,1-2H3,(H,23,24). The highest BCUT2D eigenvalue weighted by atomic mass is 16.1. The number of rotatable bonds is 6. The number of carbonyl (C=O) groups is 1. The highest BCUT2D eigenvalue weighted by Gasteiger charge is 2.11. The van der Waals surface area contributed by atoms with Crippen molar-refractivity contribution in [1.29, 1.82) is 0 Å². The van der Waals surface area contributed by atoms with E-state index >= 15 is 0 Å². The molecule has 0 saturated heterocycles. The highest BCUT2D eigenvalue weighted by molar-refractivity contribution is 5.84. The van der Waals surface area contributed by atoms with E-state index in [1.165, 1.54) is 16.5 Å². The zero-order valence-corrected chi connectivity index (χ0v) is 14.3. The van der Waals surface area contributed by atoms with Crippen molar-refractivity contribution in [2.45, 2.75) is 39.2 Å². The van der Waals surface area contributed by atoms with Crippen molar-refractivity contribution in [3.8, 4) is 0 Å². The Labute approximate surface area is 143 Å². The van der Waals surface area contributed by atoms with E-state index in [0.717, 1.165) is 23.9 Å². The Morgan fingerprint density at radius 3 is 2.62 bits per heavy atom. The van der Waals surface area contributed by atoms with E-state index in [-0.39, 0.29) is 11.9 Å². The molecule has 0 bridgehead atoms. The first-order chi connectivity index (χ1) is 11.7. The summed E-state index contributed by atoms with van der Waals surface area (Å²) in [6.07, 6.45) is 4.28. The largest absolute Gasteiger partial charge is 0.361 e. The first-order valence-corrected chi connectivity index (χ1v) is 8.60. The van der Waals surface area contributed by atoms with Crippen molar-refractivity contribution in [1.82, 2.24) is 10.3 Å². The summed E-state index contributed by atoms with van der Waals surface area (Å²) in [5.74, 6) is 0.0901. The third kappa shape index (κ3) is 3.67. The maximum atomic E-state index is 12.3. The molecule has 1 aromatic heterocycles. The number of carbonyl (C=O) groups excluding carboxylic acids is 1. The fraction of sp³-hybridized carbons (Fsp3) is 0.286. The van der Waals surface area contributed by atoms with Gasteiger partial charge in [0.25, 0.3) is 0 Å². The minimum Gasteiger partial charge on any atom is -0.361 e. The molecule has 24 heavy (non-hydrogen) atoms. The lowest BCUT2D eigenvalue weighted by atomic mass is 10.0. The second-order valence-electron chi connectivity index (χ2n) is 6.24. The molecule has 0 aliphatic rings. The van der Waals surface area contributed by atoms with Crippen LogP contribution in [0.4, 0.5) is 0 Å². The topological polar surface area (TPSA) is 44.9 Å². The van der Waals surface area contributed by atoms with Crippen molar-refractivity contribution in [3.63, 3.8) is 0 Å². The van der Waals surface area contributed by atoms with Crippen LogP contribution in [0.3, 0.4) is 0 Å². The van der Waals surface area contributed by atoms with Crippen LogP contribution < -0.4 is 5.32 Å². The Morgan fingerprint density at radius 2 is 1.88 bits per heavy atom. The molecule has 1 atom stereocenters. The number of aryl methyl sites for hydroxylation is 2. The summed E-state index contributed by atoms with van der Waals surface area (Å²) < 4.78 is 0. The lowest BCUT2D eigenvalue weighted by molar-refractivity contribution is -0.121. The molecule has 0 aliphatic carbocycles. The van der Waals surface area contributed by atoms with E-state index in [9.17, 15) is 4.79 Å². The normalized spacial score (nSPS) is 12.2. The van der Waals surface area contributed by atoms with E-state index in [4.69, 9.17) is 0 Å². The molecule has 0 radical (unpaired) electrons. The van der Waals surface area contributed by atoms with Crippen LogP contribution in [0.2, 0.25) is 0 Å². The summed E-state index contributed by atoms with van der Waals surface area (Å²) in [7, 11) is 0. The Balaban J connectivity index is 1.57. The summed E-state index contributed by atoms with van der Waals surface area (Å²) in [6.45, 7) is 4.18. The summed E-state index contributed by atoms with van der Waals surface area (Å²) in [5.41, 5.74) is 4.78. The molecule has 0 aliphatic heterocycles. The van der Waals surface area contributed by atoms with E-state index in [2.05, 4.69) is 53.6 Å². The van der Waals surface area contributed by atoms with Gasteiger partial charge in [0, 0.05) is 23.5 Å². The fourth-order valence-electron chi connectivity index (χ4n) is 3.03. The summed E-state index contributed by atoms with van der Waals surface area (Å²) >= 11 is 0. The number of aromatic nitrogens is 1. The molecule has 0 spiro atoms. The number of fused-ring (bicyclic) bond motifs is 1. The smallest absolute Gasteiger partial charge is 0.220 e. The maximum absolute atomic E-state index is 12.3. The van der Waals surface area contributed by atoms with Crippen LogP contribution in [-0.2, 0) is 17.6 Å². The molecule has 1 unspecified atom stereocenters. The van der Waals surface area contributed by atoms with Crippen molar-refractivity contribution in [3.05, 3.63) is 71.4 Å². The number of benzene rings is 2. The van der Waals surface area contributed by atoms with Crippen molar-refractivity contribution in [2.24, 2.45) is 0 Å². The van der Waals surface area contributed by atoms with E-state index < -0.39 is 0 Å². The molecule has 2 aromatic carbocycles. The molecule has 3 aromatic rings. The van der Waals surface area contributed by atoms with Gasteiger partial charge < -0.3 is 10.3 Å². The van der Waals surface area contributed by atoms with Gasteiger partial charge in [0.05, 0.1) is 6.04 Å². The van der Waals surface area contributed by atoms with Crippen molar-refractivity contribution < 1.29 is 4.79 Å². The van der Waals surface area contributed by atoms with Gasteiger partial charge in [-0.3, -0.25) is 4.79 Å². The molecular weight excluding hydrogens is 296 g/mol. The molecule has 0 fully saturated rings. The first kappa shape index (κ1) is 16.3. The third-order valence-electron chi connectivity index (χ3n) is 4.56. The van der Waals surface area contributed by atoms with Crippen LogP contribution in [0.15, 0.2) is 54.7 Å². The monoisotopic (exact) mass is 320 g/mol. The van der Waals surface area contributed by atoms with Crippen molar-refractivity contribution in [2.75, 3.05) is 0 Å². The van der Waals surface area contributed by atoms with Crippen LogP contribution >= 0.6 is 0 Å². The number of hydrogen-bond acceptors (Lipinski definition) is 1. The lowest BCUT2D eigenvalue weighted by Crippen LogP contribution is -2.26. The van der Waals surface area contributed by atoms with Gasteiger partial charge in [0.2, 0.25) is 5.91 Å². The number of para-hydroxylation sites is 1. The zero-order chi connectivity index (χ0) is 16.9. The van der Waals surface area contributed by atoms with Crippen LogP contribution in [-0.4, -0.2) is 10.9 Å². The van der Waals surface area contributed by atoms with Gasteiger partial charge in [-0.25, -0.2) is 0 Å². The fourth-order valence-corrected chi connectivity index (χ4v) is 3.03. The van der Waals surface area contributed by atoms with Gasteiger partial charge >= 0.3 is 0 Å². The number of hydrogen-bond donors (Lipinski definition) is 2. The Bertz CT molecular complexity index is 817. The number of nitrogens with one attached hydrogen (secondary N) is 2. The van der Waals surface area contributed by atoms with Gasteiger partial charge in [-0.2, -0.15) is 0 Å². The number of amides is 1. The molecule has 1 heterocycles. The third-order valence-corrected chi connectivity index (χ3v) is 4.56. The van der Waals surface area contributed by atoms with Crippen LogP contribution in [0.25, 0.3) is 10.9 Å². The summed E-state index contributed by atoms with van der Waals surface area (Å²) in [6, 6.07) is 16.7. The van der Waals surface area contributed by atoms with Gasteiger partial charge in [-0.15, -0.1) is 0 Å². The van der Waals surface area contributed by atoms with Gasteiger partial charge in [-0.1, -0.05) is 49.4 Å². The quantitative estimate of drug-likeness (QED) is 0.688. The molecule has 2 N–H and O–H groups in total. The molecule has 0 saturated carbocycles. The van der Waals surface area contributed by atoms with Gasteiger partial charge in [0.15, 0.2) is 0 Å². The molecule has 3 nitrogen and oxygen atoms in total. The lowest BCUT2D eigenvalue weighted by Gasteiger charge is -2.14. The maximum Gasteiger partial charge on any atom is 0.220 e. The molecule has 1 amide bonds. The molecule has 124 valence electrons. The predicted molar refractivity (Wildman–Crippen MR) is 99.0 cm³/mol. The predicted octanol–water partition coefficient (Wildman–Crippen LogP) is 4.54. The first-order valence-electron chi connectivity index (χ1n) is 8.60. The molecular formula is C21H24N2O. The average Bonchev–Trinajstić information content (AvgIpc) is 3.03. The van der Waals surface area contributed by atoms with Crippen LogP contribution in [0, 0.1) is 0 Å². The average molecular weight is 320 g/mol. The Hall–Kier alpha value is -2.55. The van der Waals surface area contributed by atoms with Gasteiger partial charge in [0.1, 0.15) is 0 Å². The van der Waals surface area contributed by atoms with Crippen molar-refractivity contribution >= 4 is 16.8 Å². The number of aromatic amines is 1. The van der Waals surface area contributed by atoms with Gasteiger partial charge in [-0.05, 0) is 42.5 Å². The van der Waals surface area contributed by atoms with E-state index in [1.807, 2.05) is 25.3 Å². The minimum atomic E-state index is 0.0337. The van der Waals surface area contributed by atoms with E-state index in [1.54, 1.807) is 0 Å². The summed E-state index contributed by atoms with van der Waals surface area (Å²) in [5, 5.41) is 4.30. The summed E-state index contributed by atoms with van der Waals surface area (Å²) in [4.78, 5) is 15.5. The van der Waals surface area contributed by atoms with Crippen LogP contribution in [0.5, 0.6) is 0 Å². The Morgan fingerprint density at radius 1 is 1.12 bits per heavy atom. The minimum absolute atomic E-state index is 0.0337. The van der Waals surface area contributed by atoms with Crippen LogP contribution in [0.1, 0.15) is 43.0 Å². The number of H-pyrrole nitrogens is 1. The zero-order valence-electron chi connectivity index (χ0n) is 14.3. The molecule has 3 rings (SSSR count).